The molecule has 0 amide bonds. The molecule has 3 aliphatic carbocycles. The van der Waals surface area contributed by atoms with Gasteiger partial charge in [0.05, 0.1) is 6.10 Å². The molecule has 0 aliphatic heterocycles. The molecule has 3 fully saturated rings. The van der Waals surface area contributed by atoms with Gasteiger partial charge in [-0.15, -0.1) is 0 Å². The van der Waals surface area contributed by atoms with Crippen LogP contribution in [0.3, 0.4) is 0 Å². The summed E-state index contributed by atoms with van der Waals surface area (Å²) in [7, 11) is 2.29. The second kappa shape index (κ2) is 6.55. The van der Waals surface area contributed by atoms with Crippen molar-refractivity contribution in [1.29, 1.82) is 0 Å². The third-order valence-corrected chi connectivity index (χ3v) is 5.91. The zero-order valence-corrected chi connectivity index (χ0v) is 14.0. The smallest absolute Gasteiger partial charge is 0.0546 e. The van der Waals surface area contributed by atoms with Crippen molar-refractivity contribution < 1.29 is 5.11 Å². The first-order valence-electron chi connectivity index (χ1n) is 9.15. The average molecular weight is 294 g/mol. The van der Waals surface area contributed by atoms with Gasteiger partial charge < -0.3 is 15.3 Å². The van der Waals surface area contributed by atoms with E-state index in [9.17, 15) is 5.11 Å². The lowest BCUT2D eigenvalue weighted by atomic mass is 9.69. The molecule has 0 radical (unpaired) electrons. The lowest BCUT2D eigenvalue weighted by molar-refractivity contribution is 0.0153. The molecule has 122 valence electrons. The van der Waals surface area contributed by atoms with Crippen molar-refractivity contribution in [3.05, 3.63) is 0 Å². The SMILES string of the molecule is CC1CCCC(CNC2CC2)(CN(C)CC2CC(O)C2)C1. The molecule has 0 aromatic carbocycles. The summed E-state index contributed by atoms with van der Waals surface area (Å²) in [5.41, 5.74) is 0.497. The Labute approximate surface area is 130 Å². The van der Waals surface area contributed by atoms with Crippen LogP contribution in [0.2, 0.25) is 0 Å². The quantitative estimate of drug-likeness (QED) is 0.758. The van der Waals surface area contributed by atoms with Crippen LogP contribution in [0.25, 0.3) is 0 Å². The maximum absolute atomic E-state index is 9.46. The van der Waals surface area contributed by atoms with Crippen molar-refractivity contribution in [3.8, 4) is 0 Å². The van der Waals surface area contributed by atoms with Crippen LogP contribution < -0.4 is 5.32 Å². The van der Waals surface area contributed by atoms with Crippen molar-refractivity contribution in [2.45, 2.75) is 70.4 Å². The van der Waals surface area contributed by atoms with Gasteiger partial charge in [-0.2, -0.15) is 0 Å². The number of aliphatic hydroxyl groups excluding tert-OH is 1. The van der Waals surface area contributed by atoms with Gasteiger partial charge in [-0.3, -0.25) is 0 Å². The standard InChI is InChI=1S/C18H34N2O/c1-14-4-3-7-18(10-14,12-19-16-5-6-16)13-20(2)11-15-8-17(21)9-15/h14-17,19,21H,3-13H2,1-2H3. The van der Waals surface area contributed by atoms with Crippen LogP contribution in [0, 0.1) is 17.3 Å². The van der Waals surface area contributed by atoms with Crippen LogP contribution in [-0.2, 0) is 0 Å². The molecule has 2 N–H and O–H groups in total. The average Bonchev–Trinajstić information content (AvgIpc) is 3.18. The molecule has 3 aliphatic rings. The van der Waals surface area contributed by atoms with Crippen LogP contribution >= 0.6 is 0 Å². The predicted octanol–water partition coefficient (Wildman–Crippen LogP) is 2.64. The summed E-state index contributed by atoms with van der Waals surface area (Å²) in [5.74, 6) is 1.62. The summed E-state index contributed by atoms with van der Waals surface area (Å²) in [6.45, 7) is 6.08. The maximum atomic E-state index is 9.46. The highest BCUT2D eigenvalue weighted by Gasteiger charge is 2.38. The second-order valence-corrected chi connectivity index (χ2v) is 8.54. The fourth-order valence-electron chi connectivity index (χ4n) is 4.70. The number of rotatable bonds is 7. The summed E-state index contributed by atoms with van der Waals surface area (Å²) in [6.07, 6.45) is 10.4. The van der Waals surface area contributed by atoms with E-state index in [0.29, 0.717) is 5.41 Å². The summed E-state index contributed by atoms with van der Waals surface area (Å²) < 4.78 is 0. The third-order valence-electron chi connectivity index (χ3n) is 5.91. The Bertz CT molecular complexity index is 338. The number of hydrogen-bond acceptors (Lipinski definition) is 3. The van der Waals surface area contributed by atoms with Crippen LogP contribution in [0.15, 0.2) is 0 Å². The molecule has 2 atom stereocenters. The zero-order chi connectivity index (χ0) is 14.9. The van der Waals surface area contributed by atoms with E-state index in [2.05, 4.69) is 24.2 Å². The molecule has 0 aromatic heterocycles. The molecule has 3 heteroatoms. The summed E-state index contributed by atoms with van der Waals surface area (Å²) in [5, 5.41) is 13.3. The van der Waals surface area contributed by atoms with E-state index >= 15 is 0 Å². The molecule has 21 heavy (non-hydrogen) atoms. The van der Waals surface area contributed by atoms with Gasteiger partial charge in [0.15, 0.2) is 0 Å². The lowest BCUT2D eigenvalue weighted by Crippen LogP contribution is -2.48. The number of nitrogens with one attached hydrogen (secondary N) is 1. The molecule has 3 rings (SSSR count). The Kier molecular flexibility index (Phi) is 4.92. The molecule has 0 aromatic rings. The van der Waals surface area contributed by atoms with Crippen molar-refractivity contribution >= 4 is 0 Å². The van der Waals surface area contributed by atoms with Crippen LogP contribution in [0.1, 0.15) is 58.3 Å². The molecule has 0 bridgehead atoms. The Morgan fingerprint density at radius 1 is 1.24 bits per heavy atom. The van der Waals surface area contributed by atoms with Crippen LogP contribution in [0.5, 0.6) is 0 Å². The molecular formula is C18H34N2O. The highest BCUT2D eigenvalue weighted by molar-refractivity contribution is 4.93. The minimum absolute atomic E-state index is 0.0106. The topological polar surface area (TPSA) is 35.5 Å². The normalized spacial score (nSPS) is 40.3. The minimum atomic E-state index is -0.0106. The van der Waals surface area contributed by atoms with Gasteiger partial charge in [-0.05, 0) is 62.8 Å². The van der Waals surface area contributed by atoms with Gasteiger partial charge in [-0.1, -0.05) is 19.8 Å². The van der Waals surface area contributed by atoms with Crippen molar-refractivity contribution in [1.82, 2.24) is 10.2 Å². The molecule has 0 spiro atoms. The van der Waals surface area contributed by atoms with E-state index in [1.54, 1.807) is 0 Å². The molecule has 3 nitrogen and oxygen atoms in total. The summed E-state index contributed by atoms with van der Waals surface area (Å²) in [4.78, 5) is 2.56. The first kappa shape index (κ1) is 15.8. The monoisotopic (exact) mass is 294 g/mol. The van der Waals surface area contributed by atoms with Gasteiger partial charge in [0.1, 0.15) is 0 Å². The van der Waals surface area contributed by atoms with Gasteiger partial charge in [0.2, 0.25) is 0 Å². The zero-order valence-electron chi connectivity index (χ0n) is 14.0. The predicted molar refractivity (Wildman–Crippen MR) is 87.3 cm³/mol. The number of hydrogen-bond donors (Lipinski definition) is 2. The Balaban J connectivity index is 1.52. The van der Waals surface area contributed by atoms with Crippen molar-refractivity contribution in [2.24, 2.45) is 17.3 Å². The van der Waals surface area contributed by atoms with Crippen molar-refractivity contribution in [2.75, 3.05) is 26.7 Å². The van der Waals surface area contributed by atoms with E-state index in [0.717, 1.165) is 30.7 Å². The first-order valence-corrected chi connectivity index (χ1v) is 9.15. The first-order chi connectivity index (χ1) is 10.0. The third kappa shape index (κ3) is 4.43. The van der Waals surface area contributed by atoms with E-state index in [-0.39, 0.29) is 6.10 Å². The molecular weight excluding hydrogens is 260 g/mol. The van der Waals surface area contributed by atoms with Gasteiger partial charge in [0.25, 0.3) is 0 Å². The number of nitrogens with zero attached hydrogens (tertiary/aromatic N) is 1. The maximum Gasteiger partial charge on any atom is 0.0546 e. The van der Waals surface area contributed by atoms with Crippen LogP contribution in [0.4, 0.5) is 0 Å². The van der Waals surface area contributed by atoms with E-state index in [4.69, 9.17) is 0 Å². The molecule has 0 heterocycles. The highest BCUT2D eigenvalue weighted by Crippen LogP contribution is 2.40. The molecule has 2 unspecified atom stereocenters. The number of aliphatic hydroxyl groups is 1. The summed E-state index contributed by atoms with van der Waals surface area (Å²) in [6, 6.07) is 0.825. The van der Waals surface area contributed by atoms with E-state index in [1.165, 1.54) is 58.2 Å². The van der Waals surface area contributed by atoms with Gasteiger partial charge in [0, 0.05) is 25.7 Å². The van der Waals surface area contributed by atoms with E-state index < -0.39 is 0 Å². The highest BCUT2D eigenvalue weighted by atomic mass is 16.3. The summed E-state index contributed by atoms with van der Waals surface area (Å²) >= 11 is 0. The van der Waals surface area contributed by atoms with Crippen molar-refractivity contribution in [3.63, 3.8) is 0 Å². The largest absolute Gasteiger partial charge is 0.393 e. The molecule has 3 saturated carbocycles. The Morgan fingerprint density at radius 3 is 2.62 bits per heavy atom. The second-order valence-electron chi connectivity index (χ2n) is 8.54. The fraction of sp³-hybridized carbons (Fsp3) is 1.00. The lowest BCUT2D eigenvalue weighted by Gasteiger charge is -2.44. The van der Waals surface area contributed by atoms with Gasteiger partial charge in [-0.25, -0.2) is 0 Å². The van der Waals surface area contributed by atoms with Crippen LogP contribution in [-0.4, -0.2) is 48.8 Å². The van der Waals surface area contributed by atoms with E-state index in [1.807, 2.05) is 0 Å². The molecule has 0 saturated heterocycles. The Morgan fingerprint density at radius 2 is 2.00 bits per heavy atom. The Hall–Kier alpha value is -0.120. The fourth-order valence-corrected chi connectivity index (χ4v) is 4.70. The van der Waals surface area contributed by atoms with Gasteiger partial charge >= 0.3 is 0 Å². The minimum Gasteiger partial charge on any atom is -0.393 e.